The molecule has 0 bridgehead atoms. The van der Waals surface area contributed by atoms with Crippen molar-refractivity contribution < 1.29 is 18.0 Å². The van der Waals surface area contributed by atoms with Crippen LogP contribution in [0.25, 0.3) is 0 Å². The molecule has 1 aromatic carbocycles. The van der Waals surface area contributed by atoms with E-state index in [0.717, 1.165) is 31.4 Å². The maximum atomic E-state index is 13.0. The van der Waals surface area contributed by atoms with Crippen LogP contribution in [-0.4, -0.2) is 24.0 Å². The van der Waals surface area contributed by atoms with Crippen LogP contribution in [0.2, 0.25) is 0 Å². The predicted octanol–water partition coefficient (Wildman–Crippen LogP) is 4.59. The zero-order chi connectivity index (χ0) is 18.7. The molecule has 1 amide bonds. The monoisotopic (exact) mass is 363 g/mol. The second-order valence-electron chi connectivity index (χ2n) is 6.60. The number of halogens is 3. The van der Waals surface area contributed by atoms with Gasteiger partial charge in [-0.05, 0) is 43.0 Å². The Morgan fingerprint density at radius 2 is 2.00 bits per heavy atom. The summed E-state index contributed by atoms with van der Waals surface area (Å²) in [4.78, 5) is 18.8. The molecule has 0 aliphatic carbocycles. The number of amides is 1. The van der Waals surface area contributed by atoms with Gasteiger partial charge in [0.1, 0.15) is 5.82 Å². The molecule has 1 aliphatic rings. The number of nitrogens with zero attached hydrogens (tertiary/aromatic N) is 2. The number of aromatic nitrogens is 1. The number of hydrogen-bond donors (Lipinski definition) is 1. The van der Waals surface area contributed by atoms with Gasteiger partial charge in [0.15, 0.2) is 0 Å². The molecule has 0 saturated carbocycles. The third-order valence-electron chi connectivity index (χ3n) is 4.47. The van der Waals surface area contributed by atoms with E-state index in [1.54, 1.807) is 12.1 Å². The van der Waals surface area contributed by atoms with Gasteiger partial charge in [0.25, 0.3) is 5.91 Å². The van der Waals surface area contributed by atoms with Crippen LogP contribution in [0.5, 0.6) is 0 Å². The number of piperidine rings is 1. The Bertz CT molecular complexity index is 774. The summed E-state index contributed by atoms with van der Waals surface area (Å²) in [7, 11) is 0. The summed E-state index contributed by atoms with van der Waals surface area (Å²) in [6, 6.07) is 8.24. The summed E-state index contributed by atoms with van der Waals surface area (Å²) in [5.74, 6) is 0.754. The zero-order valence-corrected chi connectivity index (χ0v) is 14.4. The molecule has 1 N–H and O–H groups in total. The van der Waals surface area contributed by atoms with Crippen LogP contribution >= 0.6 is 0 Å². The van der Waals surface area contributed by atoms with Crippen LogP contribution in [0.4, 0.5) is 24.7 Å². The fourth-order valence-corrected chi connectivity index (χ4v) is 3.14. The van der Waals surface area contributed by atoms with Crippen LogP contribution in [0, 0.1) is 5.92 Å². The first kappa shape index (κ1) is 18.2. The van der Waals surface area contributed by atoms with E-state index < -0.39 is 17.6 Å². The van der Waals surface area contributed by atoms with Gasteiger partial charge < -0.3 is 10.2 Å². The highest BCUT2D eigenvalue weighted by Gasteiger charge is 2.33. The van der Waals surface area contributed by atoms with Crippen molar-refractivity contribution in [1.82, 2.24) is 4.98 Å². The molecule has 3 rings (SSSR count). The quantitative estimate of drug-likeness (QED) is 0.868. The largest absolute Gasteiger partial charge is 0.418 e. The van der Waals surface area contributed by atoms with Crippen LogP contribution in [0.15, 0.2) is 42.6 Å². The van der Waals surface area contributed by atoms with Gasteiger partial charge in [0, 0.05) is 19.3 Å². The first-order valence-corrected chi connectivity index (χ1v) is 8.53. The maximum absolute atomic E-state index is 13.0. The molecule has 0 radical (unpaired) electrons. The van der Waals surface area contributed by atoms with Crippen molar-refractivity contribution in [3.8, 4) is 0 Å². The molecule has 1 aliphatic heterocycles. The number of pyridine rings is 1. The number of carbonyl (C=O) groups is 1. The molecular formula is C19H20F3N3O. The van der Waals surface area contributed by atoms with Crippen molar-refractivity contribution in [3.63, 3.8) is 0 Å². The fourth-order valence-electron chi connectivity index (χ4n) is 3.14. The SMILES string of the molecule is CC1CCCN(c2ccc(C(=O)Nc3ccccc3C(F)(F)F)cn2)C1. The van der Waals surface area contributed by atoms with Crippen LogP contribution in [0.1, 0.15) is 35.7 Å². The highest BCUT2D eigenvalue weighted by atomic mass is 19.4. The molecule has 1 unspecified atom stereocenters. The average molecular weight is 363 g/mol. The van der Waals surface area contributed by atoms with E-state index in [1.165, 1.54) is 30.8 Å². The van der Waals surface area contributed by atoms with Crippen LogP contribution in [0.3, 0.4) is 0 Å². The Morgan fingerprint density at radius 3 is 2.65 bits per heavy atom. The number of nitrogens with one attached hydrogen (secondary N) is 1. The van der Waals surface area contributed by atoms with E-state index in [1.807, 2.05) is 0 Å². The molecule has 26 heavy (non-hydrogen) atoms. The minimum absolute atomic E-state index is 0.218. The molecule has 2 aromatic rings. The number of anilines is 2. The van der Waals surface area contributed by atoms with Crippen molar-refractivity contribution >= 4 is 17.4 Å². The Balaban J connectivity index is 1.73. The van der Waals surface area contributed by atoms with Gasteiger partial charge in [0.2, 0.25) is 0 Å². The van der Waals surface area contributed by atoms with Gasteiger partial charge in [0.05, 0.1) is 16.8 Å². The van der Waals surface area contributed by atoms with E-state index >= 15 is 0 Å². The average Bonchev–Trinajstić information content (AvgIpc) is 2.61. The van der Waals surface area contributed by atoms with Crippen LogP contribution in [-0.2, 0) is 6.18 Å². The van der Waals surface area contributed by atoms with Gasteiger partial charge in [-0.25, -0.2) is 4.98 Å². The van der Waals surface area contributed by atoms with Crippen LogP contribution < -0.4 is 10.2 Å². The Kier molecular flexibility index (Phi) is 5.15. The lowest BCUT2D eigenvalue weighted by Crippen LogP contribution is -2.34. The molecule has 1 aromatic heterocycles. The topological polar surface area (TPSA) is 45.2 Å². The highest BCUT2D eigenvalue weighted by Crippen LogP contribution is 2.34. The second-order valence-corrected chi connectivity index (χ2v) is 6.60. The molecule has 7 heteroatoms. The highest BCUT2D eigenvalue weighted by molar-refractivity contribution is 6.04. The number of benzene rings is 1. The second kappa shape index (κ2) is 7.35. The minimum Gasteiger partial charge on any atom is -0.356 e. The molecule has 4 nitrogen and oxygen atoms in total. The molecular weight excluding hydrogens is 343 g/mol. The summed E-state index contributed by atoms with van der Waals surface area (Å²) >= 11 is 0. The lowest BCUT2D eigenvalue weighted by atomic mass is 10.0. The van der Waals surface area contributed by atoms with Gasteiger partial charge in [-0.3, -0.25) is 4.79 Å². The summed E-state index contributed by atoms with van der Waals surface area (Å²) in [6.07, 6.45) is -0.841. The van der Waals surface area contributed by atoms with E-state index in [-0.39, 0.29) is 11.3 Å². The standard InChI is InChI=1S/C19H20F3N3O/c1-13-5-4-10-25(12-13)17-9-8-14(11-23-17)18(26)24-16-7-3-2-6-15(16)19(20,21)22/h2-3,6-9,11,13H,4-5,10,12H2,1H3,(H,24,26). The molecule has 2 heterocycles. The maximum Gasteiger partial charge on any atom is 0.418 e. The van der Waals surface area contributed by atoms with Gasteiger partial charge >= 0.3 is 6.18 Å². The molecule has 1 fully saturated rings. The van der Waals surface area contributed by atoms with Crippen molar-refractivity contribution in [2.75, 3.05) is 23.3 Å². The van der Waals surface area contributed by atoms with Crippen molar-refractivity contribution in [2.45, 2.75) is 25.9 Å². The van der Waals surface area contributed by atoms with E-state index in [9.17, 15) is 18.0 Å². The van der Waals surface area contributed by atoms with Gasteiger partial charge in [-0.15, -0.1) is 0 Å². The third-order valence-corrected chi connectivity index (χ3v) is 4.47. The lowest BCUT2D eigenvalue weighted by Gasteiger charge is -2.31. The number of hydrogen-bond acceptors (Lipinski definition) is 3. The number of carbonyl (C=O) groups excluding carboxylic acids is 1. The zero-order valence-electron chi connectivity index (χ0n) is 14.4. The summed E-state index contributed by atoms with van der Waals surface area (Å²) in [5.41, 5.74) is -0.921. The normalized spacial score (nSPS) is 17.8. The summed E-state index contributed by atoms with van der Waals surface area (Å²) in [6.45, 7) is 4.02. The molecule has 1 saturated heterocycles. The summed E-state index contributed by atoms with van der Waals surface area (Å²) < 4.78 is 39.1. The van der Waals surface area contributed by atoms with E-state index in [2.05, 4.69) is 22.1 Å². The Morgan fingerprint density at radius 1 is 1.23 bits per heavy atom. The predicted molar refractivity (Wildman–Crippen MR) is 94.2 cm³/mol. The first-order chi connectivity index (χ1) is 12.3. The lowest BCUT2D eigenvalue weighted by molar-refractivity contribution is -0.136. The number of rotatable bonds is 3. The van der Waals surface area contributed by atoms with Crippen molar-refractivity contribution in [3.05, 3.63) is 53.7 Å². The molecule has 0 spiro atoms. The Hall–Kier alpha value is -2.57. The third kappa shape index (κ3) is 4.15. The first-order valence-electron chi connectivity index (χ1n) is 8.53. The number of para-hydroxylation sites is 1. The number of alkyl halides is 3. The summed E-state index contributed by atoms with van der Waals surface area (Å²) in [5, 5.41) is 2.33. The molecule has 138 valence electrons. The van der Waals surface area contributed by atoms with Gasteiger partial charge in [-0.1, -0.05) is 19.1 Å². The smallest absolute Gasteiger partial charge is 0.356 e. The fraction of sp³-hybridized carbons (Fsp3) is 0.368. The minimum atomic E-state index is -4.53. The van der Waals surface area contributed by atoms with E-state index in [0.29, 0.717) is 5.92 Å². The van der Waals surface area contributed by atoms with E-state index in [4.69, 9.17) is 0 Å². The Labute approximate surface area is 150 Å². The van der Waals surface area contributed by atoms with Crippen molar-refractivity contribution in [1.29, 1.82) is 0 Å². The van der Waals surface area contributed by atoms with Gasteiger partial charge in [-0.2, -0.15) is 13.2 Å². The van der Waals surface area contributed by atoms with Crippen molar-refractivity contribution in [2.24, 2.45) is 5.92 Å². The molecule has 1 atom stereocenters.